The zero-order valence-corrected chi connectivity index (χ0v) is 18.2. The molecule has 3 aromatic rings. The van der Waals surface area contributed by atoms with Crippen molar-refractivity contribution in [3.05, 3.63) is 96.1 Å². The van der Waals surface area contributed by atoms with Gasteiger partial charge in [0.15, 0.2) is 11.5 Å². The van der Waals surface area contributed by atoms with Gasteiger partial charge >= 0.3 is 5.97 Å². The summed E-state index contributed by atoms with van der Waals surface area (Å²) in [5.74, 6) is -0.643. The number of esters is 1. The van der Waals surface area contributed by atoms with Crippen LogP contribution in [-0.2, 0) is 16.0 Å². The first-order valence-corrected chi connectivity index (χ1v) is 10.4. The van der Waals surface area contributed by atoms with Gasteiger partial charge in [0.05, 0.1) is 24.5 Å². The number of carbonyl (C=O) groups is 2. The lowest BCUT2D eigenvalue weighted by atomic mass is 10.0. The van der Waals surface area contributed by atoms with Gasteiger partial charge in [0.1, 0.15) is 11.4 Å². The Balaban J connectivity index is 1.80. The van der Waals surface area contributed by atoms with Crippen molar-refractivity contribution in [1.82, 2.24) is 0 Å². The Morgan fingerprint density at radius 3 is 2.42 bits per heavy atom. The topological polar surface area (TPSA) is 97.6 Å². The van der Waals surface area contributed by atoms with Crippen LogP contribution in [0.5, 0.6) is 11.5 Å². The number of ether oxygens (including phenoxy) is 2. The number of phenolic OH excluding ortho intramolecular Hbond substituents is 1. The molecule has 0 saturated carbocycles. The highest BCUT2D eigenvalue weighted by Gasteiger charge is 2.18. The summed E-state index contributed by atoms with van der Waals surface area (Å²) in [6.45, 7) is 5.79. The molecule has 3 rings (SSSR count). The molecule has 0 aliphatic heterocycles. The zero-order valence-electron chi connectivity index (χ0n) is 18.2. The lowest BCUT2D eigenvalue weighted by Gasteiger charge is -2.10. The zero-order chi connectivity index (χ0) is 23.6. The third-order valence-corrected chi connectivity index (χ3v) is 4.67. The molecule has 168 valence electrons. The predicted molar refractivity (Wildman–Crippen MR) is 125 cm³/mol. The maximum atomic E-state index is 12.8. The van der Waals surface area contributed by atoms with Crippen molar-refractivity contribution >= 4 is 23.1 Å². The van der Waals surface area contributed by atoms with E-state index in [9.17, 15) is 14.7 Å². The Labute approximate surface area is 192 Å². The standard InChI is InChI=1S/C26H24N2O5/c1-3-25(30)33-15-14-18-10-12-20(13-11-18)27-28-22-16-21(23(29)17-24(22)32-4-2)26(31)19-8-6-5-7-9-19/h3,5-13,16-17,29H,1,4,14-15H2,2H3/b28-27+. The summed E-state index contributed by atoms with van der Waals surface area (Å²) < 4.78 is 10.5. The molecule has 0 heterocycles. The molecule has 0 fully saturated rings. The van der Waals surface area contributed by atoms with E-state index in [2.05, 4.69) is 16.8 Å². The fourth-order valence-corrected chi connectivity index (χ4v) is 3.00. The summed E-state index contributed by atoms with van der Waals surface area (Å²) in [5, 5.41) is 18.9. The maximum Gasteiger partial charge on any atom is 0.330 e. The first-order chi connectivity index (χ1) is 16.0. The minimum atomic E-state index is -0.454. The molecular formula is C26H24N2O5. The molecule has 0 bridgehead atoms. The third-order valence-electron chi connectivity index (χ3n) is 4.67. The number of carbonyl (C=O) groups excluding carboxylic acids is 2. The first kappa shape index (κ1) is 23.4. The summed E-state index contributed by atoms with van der Waals surface area (Å²) in [4.78, 5) is 23.9. The number of azo groups is 1. The van der Waals surface area contributed by atoms with Crippen LogP contribution >= 0.6 is 0 Å². The van der Waals surface area contributed by atoms with Gasteiger partial charge in [-0.25, -0.2) is 4.79 Å². The predicted octanol–water partition coefficient (Wildman–Crippen LogP) is 5.71. The average Bonchev–Trinajstić information content (AvgIpc) is 2.84. The van der Waals surface area contributed by atoms with Crippen molar-refractivity contribution in [2.24, 2.45) is 10.2 Å². The van der Waals surface area contributed by atoms with Gasteiger partial charge in [-0.3, -0.25) is 4.79 Å². The molecule has 1 N–H and O–H groups in total. The highest BCUT2D eigenvalue weighted by molar-refractivity contribution is 6.11. The van der Waals surface area contributed by atoms with Crippen LogP contribution in [0, 0.1) is 0 Å². The van der Waals surface area contributed by atoms with Crippen molar-refractivity contribution < 1.29 is 24.2 Å². The van der Waals surface area contributed by atoms with E-state index in [-0.39, 0.29) is 23.7 Å². The Morgan fingerprint density at radius 1 is 1.03 bits per heavy atom. The largest absolute Gasteiger partial charge is 0.507 e. The molecule has 0 spiro atoms. The van der Waals surface area contributed by atoms with Crippen molar-refractivity contribution in [3.8, 4) is 11.5 Å². The number of rotatable bonds is 10. The Hall–Kier alpha value is -4.26. The van der Waals surface area contributed by atoms with Crippen LogP contribution < -0.4 is 4.74 Å². The second-order valence-electron chi connectivity index (χ2n) is 6.95. The normalized spacial score (nSPS) is 10.7. The molecule has 0 radical (unpaired) electrons. The van der Waals surface area contributed by atoms with Gasteiger partial charge < -0.3 is 14.6 Å². The summed E-state index contributed by atoms with van der Waals surface area (Å²) in [7, 11) is 0. The molecule has 0 atom stereocenters. The summed E-state index contributed by atoms with van der Waals surface area (Å²) in [5.41, 5.74) is 2.46. The minimum absolute atomic E-state index is 0.114. The second kappa shape index (κ2) is 11.4. The molecule has 0 amide bonds. The van der Waals surface area contributed by atoms with E-state index in [1.165, 1.54) is 12.1 Å². The quantitative estimate of drug-likeness (QED) is 0.187. The molecule has 0 aliphatic carbocycles. The molecule has 0 aliphatic rings. The summed E-state index contributed by atoms with van der Waals surface area (Å²) >= 11 is 0. The Morgan fingerprint density at radius 2 is 1.76 bits per heavy atom. The fraction of sp³-hybridized carbons (Fsp3) is 0.154. The van der Waals surface area contributed by atoms with Crippen molar-refractivity contribution in [1.29, 1.82) is 0 Å². The van der Waals surface area contributed by atoms with Crippen LogP contribution in [0.3, 0.4) is 0 Å². The second-order valence-corrected chi connectivity index (χ2v) is 6.95. The number of nitrogens with zero attached hydrogens (tertiary/aromatic N) is 2. The van der Waals surface area contributed by atoms with Crippen LogP contribution in [0.2, 0.25) is 0 Å². The summed E-state index contributed by atoms with van der Waals surface area (Å²) in [6.07, 6.45) is 1.69. The molecule has 0 unspecified atom stereocenters. The van der Waals surface area contributed by atoms with E-state index in [1.54, 1.807) is 36.4 Å². The van der Waals surface area contributed by atoms with Crippen LogP contribution in [-0.4, -0.2) is 30.1 Å². The van der Waals surface area contributed by atoms with Crippen molar-refractivity contribution in [2.45, 2.75) is 13.3 Å². The van der Waals surface area contributed by atoms with Crippen molar-refractivity contribution in [2.75, 3.05) is 13.2 Å². The number of hydrogen-bond donors (Lipinski definition) is 1. The van der Waals surface area contributed by atoms with Gasteiger partial charge in [0, 0.05) is 24.1 Å². The number of hydrogen-bond acceptors (Lipinski definition) is 7. The van der Waals surface area contributed by atoms with Crippen LogP contribution in [0.25, 0.3) is 0 Å². The van der Waals surface area contributed by atoms with Crippen LogP contribution in [0.4, 0.5) is 11.4 Å². The fourth-order valence-electron chi connectivity index (χ4n) is 3.00. The Kier molecular flexibility index (Phi) is 8.07. The maximum absolute atomic E-state index is 12.8. The number of phenols is 1. The molecule has 0 aromatic heterocycles. The van der Waals surface area contributed by atoms with Crippen LogP contribution in [0.1, 0.15) is 28.4 Å². The average molecular weight is 444 g/mol. The highest BCUT2D eigenvalue weighted by atomic mass is 16.5. The molecule has 3 aromatic carbocycles. The van der Waals surface area contributed by atoms with Gasteiger partial charge in [-0.2, -0.15) is 5.11 Å². The molecular weight excluding hydrogens is 420 g/mol. The molecule has 7 heteroatoms. The monoisotopic (exact) mass is 444 g/mol. The first-order valence-electron chi connectivity index (χ1n) is 10.4. The van der Waals surface area contributed by atoms with E-state index in [1.807, 2.05) is 25.1 Å². The minimum Gasteiger partial charge on any atom is -0.507 e. The smallest absolute Gasteiger partial charge is 0.330 e. The van der Waals surface area contributed by atoms with Gasteiger partial charge in [-0.05, 0) is 30.7 Å². The number of ketones is 1. The van der Waals surface area contributed by atoms with Gasteiger partial charge in [0.25, 0.3) is 0 Å². The van der Waals surface area contributed by atoms with E-state index in [4.69, 9.17) is 9.47 Å². The van der Waals surface area contributed by atoms with Gasteiger partial charge in [-0.15, -0.1) is 5.11 Å². The highest BCUT2D eigenvalue weighted by Crippen LogP contribution is 2.36. The van der Waals surface area contributed by atoms with E-state index < -0.39 is 5.97 Å². The van der Waals surface area contributed by atoms with Crippen LogP contribution in [0.15, 0.2) is 89.6 Å². The number of benzene rings is 3. The van der Waals surface area contributed by atoms with E-state index in [0.717, 1.165) is 11.6 Å². The molecule has 0 saturated heterocycles. The molecule has 7 nitrogen and oxygen atoms in total. The van der Waals surface area contributed by atoms with Gasteiger partial charge in [0.2, 0.25) is 0 Å². The SMILES string of the molecule is C=CC(=O)OCCc1ccc(/N=N/c2cc(C(=O)c3ccccc3)c(O)cc2OCC)cc1. The Bertz CT molecular complexity index is 1160. The lowest BCUT2D eigenvalue weighted by molar-refractivity contribution is -0.137. The van der Waals surface area contributed by atoms with Gasteiger partial charge in [-0.1, -0.05) is 49.0 Å². The van der Waals surface area contributed by atoms with E-state index >= 15 is 0 Å². The van der Waals surface area contributed by atoms with E-state index in [0.29, 0.717) is 35.7 Å². The molecule has 33 heavy (non-hydrogen) atoms. The lowest BCUT2D eigenvalue weighted by Crippen LogP contribution is -2.04. The summed E-state index contributed by atoms with van der Waals surface area (Å²) in [6, 6.07) is 18.8. The van der Waals surface area contributed by atoms with Crippen molar-refractivity contribution in [3.63, 3.8) is 0 Å². The third kappa shape index (κ3) is 6.36. The number of aromatic hydroxyl groups is 1.